The molecule has 0 saturated carbocycles. The highest BCUT2D eigenvalue weighted by atomic mass is 35.5. The Balaban J connectivity index is 1.06. The number of halogens is 1. The van der Waals surface area contributed by atoms with Gasteiger partial charge < -0.3 is 0 Å². The van der Waals surface area contributed by atoms with Gasteiger partial charge in [-0.25, -0.2) is 0 Å². The van der Waals surface area contributed by atoms with Crippen molar-refractivity contribution < 1.29 is 4.79 Å². The highest BCUT2D eigenvalue weighted by Crippen LogP contribution is 2.26. The number of rotatable bonds is 9. The molecule has 5 rings (SSSR count). The van der Waals surface area contributed by atoms with Gasteiger partial charge in [-0.15, -0.1) is 0 Å². The third kappa shape index (κ3) is 7.14. The fraction of sp³-hybridized carbons (Fsp3) is 0.441. The van der Waals surface area contributed by atoms with Crippen LogP contribution in [-0.4, -0.2) is 41.8 Å². The van der Waals surface area contributed by atoms with Crippen molar-refractivity contribution in [2.75, 3.05) is 26.2 Å². The summed E-state index contributed by atoms with van der Waals surface area (Å²) >= 11 is 6.35. The number of likely N-dealkylation sites (tertiary alicyclic amines) is 1. The summed E-state index contributed by atoms with van der Waals surface area (Å²) in [6.45, 7) is 8.51. The molecule has 3 aromatic rings. The van der Waals surface area contributed by atoms with Crippen LogP contribution in [0.3, 0.4) is 0 Å². The van der Waals surface area contributed by atoms with E-state index in [0.717, 1.165) is 81.5 Å². The first-order valence-electron chi connectivity index (χ1n) is 14.4. The van der Waals surface area contributed by atoms with Crippen molar-refractivity contribution in [3.63, 3.8) is 0 Å². The summed E-state index contributed by atoms with van der Waals surface area (Å²) in [5.74, 6) is 1.04. The number of carbonyl (C=O) groups excluding carboxylic acids is 1. The zero-order valence-corrected chi connectivity index (χ0v) is 23.6. The lowest BCUT2D eigenvalue weighted by Gasteiger charge is -2.32. The van der Waals surface area contributed by atoms with E-state index in [1.54, 1.807) is 0 Å². The van der Waals surface area contributed by atoms with Crippen LogP contribution < -0.4 is 0 Å². The minimum Gasteiger partial charge on any atom is -0.299 e. The zero-order valence-electron chi connectivity index (χ0n) is 22.8. The molecule has 0 unspecified atom stereocenters. The average molecular weight is 529 g/mol. The van der Waals surface area contributed by atoms with E-state index >= 15 is 0 Å². The summed E-state index contributed by atoms with van der Waals surface area (Å²) in [5, 5.41) is 0.866. The maximum Gasteiger partial charge on any atom is 0.162 e. The zero-order chi connectivity index (χ0) is 26.3. The Morgan fingerprint density at radius 3 is 2.24 bits per heavy atom. The molecule has 200 valence electrons. The molecule has 2 heterocycles. The van der Waals surface area contributed by atoms with Gasteiger partial charge in [0, 0.05) is 43.2 Å². The normalized spacial score (nSPS) is 17.2. The lowest BCUT2D eigenvalue weighted by atomic mass is 9.90. The summed E-state index contributed by atoms with van der Waals surface area (Å²) in [6, 6.07) is 23.3. The molecular formula is C34H41ClN2O. The van der Waals surface area contributed by atoms with Crippen LogP contribution in [0.2, 0.25) is 5.02 Å². The van der Waals surface area contributed by atoms with E-state index in [0.29, 0.717) is 12.2 Å². The molecule has 0 bridgehead atoms. The molecule has 38 heavy (non-hydrogen) atoms. The molecule has 2 aliphatic heterocycles. The Morgan fingerprint density at radius 1 is 0.816 bits per heavy atom. The first kappa shape index (κ1) is 27.1. The van der Waals surface area contributed by atoms with Crippen molar-refractivity contribution in [3.8, 4) is 0 Å². The molecular weight excluding hydrogens is 488 g/mol. The largest absolute Gasteiger partial charge is 0.299 e. The van der Waals surface area contributed by atoms with Crippen LogP contribution in [0.15, 0.2) is 66.7 Å². The molecule has 0 atom stereocenters. The number of ketones is 1. The second kappa shape index (κ2) is 13.1. The minimum atomic E-state index is 0.310. The topological polar surface area (TPSA) is 23.6 Å². The Labute approximate surface area is 233 Å². The van der Waals surface area contributed by atoms with Crippen molar-refractivity contribution in [2.45, 2.75) is 65.0 Å². The molecule has 0 aromatic heterocycles. The molecule has 4 heteroatoms. The lowest BCUT2D eigenvalue weighted by Crippen LogP contribution is -2.33. The van der Waals surface area contributed by atoms with E-state index in [9.17, 15) is 4.79 Å². The molecule has 3 nitrogen and oxygen atoms in total. The number of nitrogens with zero attached hydrogens (tertiary/aromatic N) is 2. The molecule has 1 fully saturated rings. The van der Waals surface area contributed by atoms with Crippen LogP contribution in [0.5, 0.6) is 0 Å². The molecule has 0 amide bonds. The van der Waals surface area contributed by atoms with Gasteiger partial charge in [0.15, 0.2) is 5.78 Å². The number of fused-ring (bicyclic) bond motifs is 1. The SMILES string of the molecule is Cc1ccccc1CN1CCc2ccc(C(=O)CCCC3CCN(Cc4ccccc4Cl)CC3)cc2CC1. The molecule has 1 saturated heterocycles. The molecule has 0 spiro atoms. The first-order chi connectivity index (χ1) is 18.5. The third-order valence-electron chi connectivity index (χ3n) is 8.65. The Hall–Kier alpha value is -2.46. The van der Waals surface area contributed by atoms with E-state index in [1.165, 1.54) is 40.7 Å². The summed E-state index contributed by atoms with van der Waals surface area (Å²) in [7, 11) is 0. The van der Waals surface area contributed by atoms with Gasteiger partial charge in [0.2, 0.25) is 0 Å². The predicted octanol–water partition coefficient (Wildman–Crippen LogP) is 7.51. The van der Waals surface area contributed by atoms with E-state index in [1.807, 2.05) is 12.1 Å². The monoisotopic (exact) mass is 528 g/mol. The number of aryl methyl sites for hydroxylation is 1. The predicted molar refractivity (Wildman–Crippen MR) is 158 cm³/mol. The molecule has 0 aliphatic carbocycles. The maximum atomic E-state index is 13.1. The third-order valence-corrected chi connectivity index (χ3v) is 9.02. The fourth-order valence-electron chi connectivity index (χ4n) is 6.13. The number of Topliss-reactive ketones (excluding diaryl/α,β-unsaturated/α-hetero) is 1. The van der Waals surface area contributed by atoms with E-state index in [2.05, 4.69) is 71.3 Å². The highest BCUT2D eigenvalue weighted by molar-refractivity contribution is 6.31. The van der Waals surface area contributed by atoms with Gasteiger partial charge in [-0.1, -0.05) is 66.2 Å². The molecule has 0 radical (unpaired) electrons. The molecule has 0 N–H and O–H groups in total. The summed E-state index contributed by atoms with van der Waals surface area (Å²) < 4.78 is 0. The van der Waals surface area contributed by atoms with Gasteiger partial charge in [0.1, 0.15) is 0 Å². The average Bonchev–Trinajstić information content (AvgIpc) is 3.14. The fourth-order valence-corrected chi connectivity index (χ4v) is 6.32. The lowest BCUT2D eigenvalue weighted by molar-refractivity contribution is 0.0974. The van der Waals surface area contributed by atoms with Crippen molar-refractivity contribution in [3.05, 3.63) is 105 Å². The Kier molecular flexibility index (Phi) is 9.32. The Morgan fingerprint density at radius 2 is 1.47 bits per heavy atom. The Bertz CT molecular complexity index is 1230. The van der Waals surface area contributed by atoms with Crippen molar-refractivity contribution in [1.29, 1.82) is 0 Å². The standard InChI is InChI=1S/C34H41ClN2O/c1-26-7-2-3-9-31(26)24-37-21-17-28-13-14-30(23-29(28)18-22-37)34(38)12-6-8-27-15-19-36(20-16-27)25-32-10-4-5-11-33(32)35/h2-5,7,9-11,13-14,23,27H,6,8,12,15-22,24-25H2,1H3. The van der Waals surface area contributed by atoms with Gasteiger partial charge >= 0.3 is 0 Å². The second-order valence-corrected chi connectivity index (χ2v) is 11.7. The van der Waals surface area contributed by atoms with Gasteiger partial charge in [-0.2, -0.15) is 0 Å². The number of benzene rings is 3. The quantitative estimate of drug-likeness (QED) is 0.268. The van der Waals surface area contributed by atoms with Crippen LogP contribution in [0.25, 0.3) is 0 Å². The van der Waals surface area contributed by atoms with Crippen molar-refractivity contribution in [2.24, 2.45) is 5.92 Å². The van der Waals surface area contributed by atoms with Gasteiger partial charge in [-0.3, -0.25) is 14.6 Å². The van der Waals surface area contributed by atoms with Crippen LogP contribution in [-0.2, 0) is 25.9 Å². The first-order valence-corrected chi connectivity index (χ1v) is 14.8. The molecule has 2 aliphatic rings. The van der Waals surface area contributed by atoms with E-state index in [-0.39, 0.29) is 0 Å². The molecule has 3 aromatic carbocycles. The van der Waals surface area contributed by atoms with Gasteiger partial charge in [0.05, 0.1) is 0 Å². The van der Waals surface area contributed by atoms with E-state index < -0.39 is 0 Å². The number of piperidine rings is 1. The second-order valence-electron chi connectivity index (χ2n) is 11.3. The van der Waals surface area contributed by atoms with Crippen LogP contribution >= 0.6 is 11.6 Å². The maximum absolute atomic E-state index is 13.1. The van der Waals surface area contributed by atoms with Crippen molar-refractivity contribution >= 4 is 17.4 Å². The van der Waals surface area contributed by atoms with E-state index in [4.69, 9.17) is 11.6 Å². The van der Waals surface area contributed by atoms with Crippen molar-refractivity contribution in [1.82, 2.24) is 9.80 Å². The van der Waals surface area contributed by atoms with Gasteiger partial charge in [-0.05, 0) is 104 Å². The summed E-state index contributed by atoms with van der Waals surface area (Å²) in [6.07, 6.45) is 7.34. The number of hydrogen-bond donors (Lipinski definition) is 0. The van der Waals surface area contributed by atoms with Crippen LogP contribution in [0.1, 0.15) is 70.3 Å². The van der Waals surface area contributed by atoms with Gasteiger partial charge in [0.25, 0.3) is 0 Å². The number of hydrogen-bond acceptors (Lipinski definition) is 3. The smallest absolute Gasteiger partial charge is 0.162 e. The minimum absolute atomic E-state index is 0.310. The summed E-state index contributed by atoms with van der Waals surface area (Å²) in [5.41, 5.74) is 7.69. The van der Waals surface area contributed by atoms with Crippen LogP contribution in [0.4, 0.5) is 0 Å². The number of carbonyl (C=O) groups is 1. The highest BCUT2D eigenvalue weighted by Gasteiger charge is 2.21. The summed E-state index contributed by atoms with van der Waals surface area (Å²) in [4.78, 5) is 18.1. The van der Waals surface area contributed by atoms with Crippen LogP contribution in [0, 0.1) is 12.8 Å².